The van der Waals surface area contributed by atoms with E-state index < -0.39 is 10.0 Å². The first-order valence-corrected chi connectivity index (χ1v) is 9.27. The van der Waals surface area contributed by atoms with E-state index in [1.807, 2.05) is 7.05 Å². The van der Waals surface area contributed by atoms with Gasteiger partial charge in [-0.1, -0.05) is 13.8 Å². The smallest absolute Gasteiger partial charge is 0.243 e. The quantitative estimate of drug-likeness (QED) is 0.844. The molecule has 0 amide bonds. The molecule has 1 unspecified atom stereocenters. The highest BCUT2D eigenvalue weighted by Gasteiger charge is 2.29. The predicted molar refractivity (Wildman–Crippen MR) is 94.9 cm³/mol. The van der Waals surface area contributed by atoms with E-state index >= 15 is 0 Å². The van der Waals surface area contributed by atoms with Gasteiger partial charge in [-0.3, -0.25) is 0 Å². The van der Waals surface area contributed by atoms with Crippen molar-refractivity contribution in [2.75, 3.05) is 26.7 Å². The zero-order chi connectivity index (χ0) is 16.2. The summed E-state index contributed by atoms with van der Waals surface area (Å²) in [7, 11) is -1.54. The third-order valence-corrected chi connectivity index (χ3v) is 5.72. The summed E-state index contributed by atoms with van der Waals surface area (Å²) in [6.45, 7) is 5.90. The molecule has 0 radical (unpaired) electrons. The number of benzene rings is 1. The zero-order valence-corrected chi connectivity index (χ0v) is 15.6. The molecule has 1 aliphatic rings. The fourth-order valence-corrected chi connectivity index (χ4v) is 4.04. The highest BCUT2D eigenvalue weighted by molar-refractivity contribution is 7.89. The fourth-order valence-electron chi connectivity index (χ4n) is 2.52. The topological polar surface area (TPSA) is 58.6 Å². The van der Waals surface area contributed by atoms with Gasteiger partial charge in [0.05, 0.1) is 11.5 Å². The van der Waals surface area contributed by atoms with E-state index in [2.05, 4.69) is 19.2 Å². The van der Waals surface area contributed by atoms with Crippen molar-refractivity contribution >= 4 is 22.4 Å². The van der Waals surface area contributed by atoms with Crippen molar-refractivity contribution in [3.05, 3.63) is 24.3 Å². The molecule has 23 heavy (non-hydrogen) atoms. The second-order valence-electron chi connectivity index (χ2n) is 6.17. The summed E-state index contributed by atoms with van der Waals surface area (Å²) >= 11 is 0. The number of hydrogen-bond donors (Lipinski definition) is 1. The Morgan fingerprint density at radius 2 is 1.96 bits per heavy atom. The second-order valence-corrected chi connectivity index (χ2v) is 8.11. The summed E-state index contributed by atoms with van der Waals surface area (Å²) in [6, 6.07) is 6.96. The minimum atomic E-state index is -3.42. The molecule has 1 heterocycles. The molecule has 0 saturated carbocycles. The minimum absolute atomic E-state index is 0. The number of sulfonamides is 1. The van der Waals surface area contributed by atoms with Crippen LogP contribution >= 0.6 is 12.4 Å². The molecule has 1 aliphatic heterocycles. The molecule has 1 fully saturated rings. The van der Waals surface area contributed by atoms with Gasteiger partial charge in [0.15, 0.2) is 0 Å². The fraction of sp³-hybridized carbons (Fsp3) is 0.625. The average molecular weight is 363 g/mol. The number of piperidine rings is 1. The van der Waals surface area contributed by atoms with Gasteiger partial charge in [0.1, 0.15) is 5.75 Å². The Kier molecular flexibility index (Phi) is 7.80. The summed E-state index contributed by atoms with van der Waals surface area (Å²) < 4.78 is 32.5. The van der Waals surface area contributed by atoms with Crippen molar-refractivity contribution in [3.8, 4) is 5.75 Å². The van der Waals surface area contributed by atoms with Gasteiger partial charge in [-0.05, 0) is 50.1 Å². The molecule has 1 atom stereocenters. The van der Waals surface area contributed by atoms with Crippen LogP contribution in [0.4, 0.5) is 0 Å². The van der Waals surface area contributed by atoms with E-state index in [1.165, 1.54) is 0 Å². The monoisotopic (exact) mass is 362 g/mol. The van der Waals surface area contributed by atoms with Crippen LogP contribution in [0.1, 0.15) is 26.7 Å². The Balaban J connectivity index is 0.00000264. The van der Waals surface area contributed by atoms with Crippen LogP contribution < -0.4 is 10.1 Å². The first kappa shape index (κ1) is 20.2. The minimum Gasteiger partial charge on any atom is -0.493 e. The Morgan fingerprint density at radius 3 is 2.52 bits per heavy atom. The number of nitrogens with one attached hydrogen (secondary N) is 1. The Bertz CT molecular complexity index is 575. The first-order valence-electron chi connectivity index (χ1n) is 7.83. The molecule has 1 N–H and O–H groups in total. The lowest BCUT2D eigenvalue weighted by atomic mass is 10.1. The Morgan fingerprint density at radius 1 is 1.30 bits per heavy atom. The molecule has 7 heteroatoms. The molecular weight excluding hydrogens is 336 g/mol. The van der Waals surface area contributed by atoms with Gasteiger partial charge in [-0.2, -0.15) is 4.31 Å². The van der Waals surface area contributed by atoms with E-state index in [1.54, 1.807) is 28.6 Å². The van der Waals surface area contributed by atoms with Crippen LogP contribution in [0.5, 0.6) is 5.75 Å². The van der Waals surface area contributed by atoms with Crippen LogP contribution in [0.3, 0.4) is 0 Å². The molecular formula is C16H27ClN2O3S. The molecule has 1 aromatic carbocycles. The maximum absolute atomic E-state index is 12.7. The Hall–Kier alpha value is -0.820. The molecule has 0 aromatic heterocycles. The average Bonchev–Trinajstić information content (AvgIpc) is 2.53. The van der Waals surface area contributed by atoms with Gasteiger partial charge in [0.25, 0.3) is 0 Å². The largest absolute Gasteiger partial charge is 0.493 e. The molecule has 2 rings (SSSR count). The van der Waals surface area contributed by atoms with Crippen molar-refractivity contribution in [1.82, 2.24) is 9.62 Å². The lowest BCUT2D eigenvalue weighted by Crippen LogP contribution is -2.46. The normalized spacial score (nSPS) is 19.4. The molecule has 5 nitrogen and oxygen atoms in total. The van der Waals surface area contributed by atoms with Gasteiger partial charge in [0, 0.05) is 19.1 Å². The number of ether oxygens (including phenoxy) is 1. The van der Waals surface area contributed by atoms with Gasteiger partial charge in [-0.15, -0.1) is 12.4 Å². The highest BCUT2D eigenvalue weighted by atomic mass is 35.5. The number of likely N-dealkylation sites (N-methyl/N-ethyl adjacent to an activating group) is 1. The predicted octanol–water partition coefficient (Wildman–Crippen LogP) is 2.52. The van der Waals surface area contributed by atoms with Crippen molar-refractivity contribution in [2.45, 2.75) is 37.6 Å². The SMILES string of the molecule is CNC1CCCN(S(=O)(=O)c2ccc(OCC(C)C)cc2)C1.Cl. The third-order valence-electron chi connectivity index (χ3n) is 3.84. The van der Waals surface area contributed by atoms with Gasteiger partial charge < -0.3 is 10.1 Å². The van der Waals surface area contributed by atoms with Gasteiger partial charge in [0.2, 0.25) is 10.0 Å². The van der Waals surface area contributed by atoms with E-state index in [-0.39, 0.29) is 18.4 Å². The van der Waals surface area contributed by atoms with Gasteiger partial charge in [-0.25, -0.2) is 8.42 Å². The van der Waals surface area contributed by atoms with Crippen molar-refractivity contribution in [2.24, 2.45) is 5.92 Å². The first-order chi connectivity index (χ1) is 10.4. The van der Waals surface area contributed by atoms with Crippen LogP contribution in [0.2, 0.25) is 0 Å². The molecule has 0 spiro atoms. The summed E-state index contributed by atoms with van der Waals surface area (Å²) in [6.07, 6.45) is 1.91. The van der Waals surface area contributed by atoms with Crippen molar-refractivity contribution in [3.63, 3.8) is 0 Å². The number of rotatable bonds is 6. The van der Waals surface area contributed by atoms with Crippen LogP contribution in [0, 0.1) is 5.92 Å². The van der Waals surface area contributed by atoms with Crippen LogP contribution in [0.25, 0.3) is 0 Å². The lowest BCUT2D eigenvalue weighted by Gasteiger charge is -2.31. The third kappa shape index (κ3) is 5.35. The van der Waals surface area contributed by atoms with E-state index in [4.69, 9.17) is 4.74 Å². The summed E-state index contributed by atoms with van der Waals surface area (Å²) in [4.78, 5) is 0.334. The van der Waals surface area contributed by atoms with Crippen LogP contribution in [-0.2, 0) is 10.0 Å². The number of hydrogen-bond acceptors (Lipinski definition) is 4. The van der Waals surface area contributed by atoms with Crippen molar-refractivity contribution < 1.29 is 13.2 Å². The standard InChI is InChI=1S/C16H26N2O3S.ClH/c1-13(2)12-21-15-6-8-16(9-7-15)22(19,20)18-10-4-5-14(11-18)17-3;/h6-9,13-14,17H,4-5,10-12H2,1-3H3;1H. The van der Waals surface area contributed by atoms with E-state index in [0.717, 1.165) is 12.8 Å². The lowest BCUT2D eigenvalue weighted by molar-refractivity contribution is 0.271. The van der Waals surface area contributed by atoms with Crippen LogP contribution in [-0.4, -0.2) is 45.5 Å². The molecule has 0 bridgehead atoms. The van der Waals surface area contributed by atoms with E-state index in [9.17, 15) is 8.42 Å². The molecule has 132 valence electrons. The maximum atomic E-state index is 12.7. The molecule has 0 aliphatic carbocycles. The molecule has 1 saturated heterocycles. The number of halogens is 1. The number of nitrogens with zero attached hydrogens (tertiary/aromatic N) is 1. The summed E-state index contributed by atoms with van der Waals surface area (Å²) in [5, 5.41) is 3.17. The summed E-state index contributed by atoms with van der Waals surface area (Å²) in [5.74, 6) is 1.15. The van der Waals surface area contributed by atoms with Crippen molar-refractivity contribution in [1.29, 1.82) is 0 Å². The van der Waals surface area contributed by atoms with Gasteiger partial charge >= 0.3 is 0 Å². The summed E-state index contributed by atoms with van der Waals surface area (Å²) in [5.41, 5.74) is 0. The Labute approximate surface area is 145 Å². The van der Waals surface area contributed by atoms with Crippen LogP contribution in [0.15, 0.2) is 29.2 Å². The van der Waals surface area contributed by atoms with E-state index in [0.29, 0.717) is 36.3 Å². The maximum Gasteiger partial charge on any atom is 0.243 e. The molecule has 1 aromatic rings. The second kappa shape index (κ2) is 8.87. The zero-order valence-electron chi connectivity index (χ0n) is 14.0. The highest BCUT2D eigenvalue weighted by Crippen LogP contribution is 2.23.